The second kappa shape index (κ2) is 5.29. The topological polar surface area (TPSA) is 81.4 Å². The van der Waals surface area contributed by atoms with E-state index in [1.54, 1.807) is 24.3 Å². The Kier molecular flexibility index (Phi) is 3.74. The number of ketones is 1. The van der Waals surface area contributed by atoms with Crippen molar-refractivity contribution in [3.63, 3.8) is 0 Å². The zero-order chi connectivity index (χ0) is 13.1. The SMILES string of the molecule is CC(=O)c1ccc(NC(=O)C2COCC2N)cc1. The number of benzene rings is 1. The molecule has 0 bridgehead atoms. The minimum Gasteiger partial charge on any atom is -0.379 e. The van der Waals surface area contributed by atoms with E-state index in [1.165, 1.54) is 6.92 Å². The number of amides is 1. The van der Waals surface area contributed by atoms with Crippen LogP contribution in [0.5, 0.6) is 0 Å². The highest BCUT2D eigenvalue weighted by Gasteiger charge is 2.31. The molecule has 1 aliphatic heterocycles. The summed E-state index contributed by atoms with van der Waals surface area (Å²) in [5, 5.41) is 2.77. The summed E-state index contributed by atoms with van der Waals surface area (Å²) in [5.41, 5.74) is 7.04. The monoisotopic (exact) mass is 248 g/mol. The van der Waals surface area contributed by atoms with Gasteiger partial charge in [-0.25, -0.2) is 0 Å². The Balaban J connectivity index is 2.00. The Morgan fingerprint density at radius 3 is 2.44 bits per heavy atom. The summed E-state index contributed by atoms with van der Waals surface area (Å²) in [7, 11) is 0. The van der Waals surface area contributed by atoms with E-state index in [9.17, 15) is 9.59 Å². The van der Waals surface area contributed by atoms with Crippen LogP contribution in [0.15, 0.2) is 24.3 Å². The largest absolute Gasteiger partial charge is 0.379 e. The van der Waals surface area contributed by atoms with Gasteiger partial charge in [0.15, 0.2) is 5.78 Å². The van der Waals surface area contributed by atoms with Crippen LogP contribution in [0.2, 0.25) is 0 Å². The van der Waals surface area contributed by atoms with Crippen molar-refractivity contribution in [2.45, 2.75) is 13.0 Å². The van der Waals surface area contributed by atoms with Crippen LogP contribution in [0.1, 0.15) is 17.3 Å². The fourth-order valence-corrected chi connectivity index (χ4v) is 1.86. The lowest BCUT2D eigenvalue weighted by Gasteiger charge is -2.13. The van der Waals surface area contributed by atoms with Gasteiger partial charge in [-0.15, -0.1) is 0 Å². The van der Waals surface area contributed by atoms with Gasteiger partial charge in [0.25, 0.3) is 0 Å². The molecule has 0 aliphatic carbocycles. The van der Waals surface area contributed by atoms with Crippen LogP contribution >= 0.6 is 0 Å². The molecule has 1 aromatic rings. The molecule has 1 aliphatic rings. The van der Waals surface area contributed by atoms with Crippen LogP contribution in [-0.4, -0.2) is 30.9 Å². The summed E-state index contributed by atoms with van der Waals surface area (Å²) < 4.78 is 5.15. The normalized spacial score (nSPS) is 22.8. The lowest BCUT2D eigenvalue weighted by molar-refractivity contribution is -0.120. The molecular formula is C13H16N2O3. The molecule has 5 nitrogen and oxygen atoms in total. The van der Waals surface area contributed by atoms with E-state index in [4.69, 9.17) is 10.5 Å². The van der Waals surface area contributed by atoms with Gasteiger partial charge < -0.3 is 15.8 Å². The van der Waals surface area contributed by atoms with Gasteiger partial charge in [0, 0.05) is 17.3 Å². The Labute approximate surface area is 105 Å². The number of nitrogens with two attached hydrogens (primary N) is 1. The summed E-state index contributed by atoms with van der Waals surface area (Å²) >= 11 is 0. The highest BCUT2D eigenvalue weighted by Crippen LogP contribution is 2.16. The van der Waals surface area contributed by atoms with Crippen molar-refractivity contribution in [1.82, 2.24) is 0 Å². The highest BCUT2D eigenvalue weighted by atomic mass is 16.5. The molecular weight excluding hydrogens is 232 g/mol. The van der Waals surface area contributed by atoms with Gasteiger partial charge in [0.2, 0.25) is 5.91 Å². The first-order valence-corrected chi connectivity index (χ1v) is 5.83. The molecule has 2 atom stereocenters. The first kappa shape index (κ1) is 12.7. The fourth-order valence-electron chi connectivity index (χ4n) is 1.86. The molecule has 96 valence electrons. The maximum Gasteiger partial charge on any atom is 0.231 e. The number of Topliss-reactive ketones (excluding diaryl/α,β-unsaturated/α-hetero) is 1. The van der Waals surface area contributed by atoms with Crippen molar-refractivity contribution in [1.29, 1.82) is 0 Å². The Morgan fingerprint density at radius 1 is 1.28 bits per heavy atom. The van der Waals surface area contributed by atoms with E-state index in [2.05, 4.69) is 5.32 Å². The van der Waals surface area contributed by atoms with Crippen molar-refractivity contribution in [3.8, 4) is 0 Å². The predicted octanol–water partition coefficient (Wildman–Crippen LogP) is 0.801. The lowest BCUT2D eigenvalue weighted by Crippen LogP contribution is -2.37. The number of carbonyl (C=O) groups excluding carboxylic acids is 2. The van der Waals surface area contributed by atoms with E-state index in [-0.39, 0.29) is 23.7 Å². The van der Waals surface area contributed by atoms with Gasteiger partial charge in [0.05, 0.1) is 19.1 Å². The standard InChI is InChI=1S/C13H16N2O3/c1-8(16)9-2-4-10(5-3-9)15-13(17)11-6-18-7-12(11)14/h2-5,11-12H,6-7,14H2,1H3,(H,15,17). The van der Waals surface area contributed by atoms with Crippen LogP contribution < -0.4 is 11.1 Å². The summed E-state index contributed by atoms with van der Waals surface area (Å²) in [6.07, 6.45) is 0. The Hall–Kier alpha value is -1.72. The van der Waals surface area contributed by atoms with Gasteiger partial charge in [-0.2, -0.15) is 0 Å². The molecule has 5 heteroatoms. The van der Waals surface area contributed by atoms with E-state index < -0.39 is 0 Å². The average molecular weight is 248 g/mol. The quantitative estimate of drug-likeness (QED) is 0.775. The molecule has 3 N–H and O–H groups in total. The molecule has 0 spiro atoms. The van der Waals surface area contributed by atoms with Crippen LogP contribution in [0, 0.1) is 5.92 Å². The lowest BCUT2D eigenvalue weighted by atomic mass is 10.0. The number of rotatable bonds is 3. The van der Waals surface area contributed by atoms with Gasteiger partial charge in [-0.3, -0.25) is 9.59 Å². The molecule has 1 saturated heterocycles. The molecule has 1 fully saturated rings. The van der Waals surface area contributed by atoms with Crippen molar-refractivity contribution >= 4 is 17.4 Å². The highest BCUT2D eigenvalue weighted by molar-refractivity contribution is 5.96. The fraction of sp³-hybridized carbons (Fsp3) is 0.385. The Bertz CT molecular complexity index is 456. The molecule has 0 saturated carbocycles. The molecule has 2 unspecified atom stereocenters. The van der Waals surface area contributed by atoms with Crippen molar-refractivity contribution in [2.75, 3.05) is 18.5 Å². The smallest absolute Gasteiger partial charge is 0.231 e. The second-order valence-corrected chi connectivity index (χ2v) is 4.43. The van der Waals surface area contributed by atoms with E-state index in [0.717, 1.165) is 0 Å². The van der Waals surface area contributed by atoms with Crippen LogP contribution in [0.25, 0.3) is 0 Å². The molecule has 1 aromatic carbocycles. The first-order chi connectivity index (χ1) is 8.58. The molecule has 0 radical (unpaired) electrons. The molecule has 1 heterocycles. The zero-order valence-corrected chi connectivity index (χ0v) is 10.2. The van der Waals surface area contributed by atoms with E-state index in [0.29, 0.717) is 24.5 Å². The summed E-state index contributed by atoms with van der Waals surface area (Å²) in [6, 6.07) is 6.53. The summed E-state index contributed by atoms with van der Waals surface area (Å²) in [5.74, 6) is -0.452. The minimum atomic E-state index is -0.308. The van der Waals surface area contributed by atoms with Gasteiger partial charge in [-0.05, 0) is 31.2 Å². The third kappa shape index (κ3) is 2.75. The predicted molar refractivity (Wildman–Crippen MR) is 67.4 cm³/mol. The number of nitrogens with one attached hydrogen (secondary N) is 1. The summed E-state index contributed by atoms with van der Waals surface area (Å²) in [4.78, 5) is 23.0. The zero-order valence-electron chi connectivity index (χ0n) is 10.2. The average Bonchev–Trinajstić information content (AvgIpc) is 2.76. The minimum absolute atomic E-state index is 0.000841. The van der Waals surface area contributed by atoms with Crippen molar-refractivity contribution in [2.24, 2.45) is 11.7 Å². The van der Waals surface area contributed by atoms with Gasteiger partial charge in [0.1, 0.15) is 0 Å². The number of carbonyl (C=O) groups is 2. The first-order valence-electron chi connectivity index (χ1n) is 5.83. The maximum atomic E-state index is 11.9. The van der Waals surface area contributed by atoms with Crippen LogP contribution in [-0.2, 0) is 9.53 Å². The van der Waals surface area contributed by atoms with Crippen LogP contribution in [0.4, 0.5) is 5.69 Å². The third-order valence-electron chi connectivity index (χ3n) is 3.02. The van der Waals surface area contributed by atoms with Crippen molar-refractivity contribution < 1.29 is 14.3 Å². The number of anilines is 1. The van der Waals surface area contributed by atoms with Gasteiger partial charge in [-0.1, -0.05) is 0 Å². The van der Waals surface area contributed by atoms with Gasteiger partial charge >= 0.3 is 0 Å². The number of ether oxygens (including phenoxy) is 1. The molecule has 0 aromatic heterocycles. The third-order valence-corrected chi connectivity index (χ3v) is 3.02. The van der Waals surface area contributed by atoms with E-state index in [1.807, 2.05) is 0 Å². The van der Waals surface area contributed by atoms with Crippen molar-refractivity contribution in [3.05, 3.63) is 29.8 Å². The molecule has 2 rings (SSSR count). The van der Waals surface area contributed by atoms with Crippen LogP contribution in [0.3, 0.4) is 0 Å². The maximum absolute atomic E-state index is 11.9. The number of hydrogen-bond donors (Lipinski definition) is 2. The molecule has 18 heavy (non-hydrogen) atoms. The number of hydrogen-bond acceptors (Lipinski definition) is 4. The Morgan fingerprint density at radius 2 is 1.94 bits per heavy atom. The molecule has 1 amide bonds. The van der Waals surface area contributed by atoms with E-state index >= 15 is 0 Å². The summed E-state index contributed by atoms with van der Waals surface area (Å²) in [6.45, 7) is 2.28. The second-order valence-electron chi connectivity index (χ2n) is 4.43.